The average molecular weight is 548 g/mol. The summed E-state index contributed by atoms with van der Waals surface area (Å²) >= 11 is 0. The third kappa shape index (κ3) is 5.61. The van der Waals surface area contributed by atoms with E-state index in [1.165, 1.54) is 29.1 Å². The van der Waals surface area contributed by atoms with Crippen molar-refractivity contribution in [2.75, 3.05) is 25.1 Å². The lowest BCUT2D eigenvalue weighted by Crippen LogP contribution is -2.53. The summed E-state index contributed by atoms with van der Waals surface area (Å²) in [5.74, 6) is -0.370. The first kappa shape index (κ1) is 27.1. The molecule has 1 atom stereocenters. The number of carbonyl (C=O) groups is 2. The monoisotopic (exact) mass is 547 g/mol. The van der Waals surface area contributed by atoms with Crippen LogP contribution in [0.5, 0.6) is 5.75 Å². The first-order chi connectivity index (χ1) is 18.8. The molecule has 2 heterocycles. The second-order valence-electron chi connectivity index (χ2n) is 10.1. The lowest BCUT2D eigenvalue weighted by molar-refractivity contribution is -0.122. The minimum Gasteiger partial charge on any atom is -0.497 e. The molecule has 0 bridgehead atoms. The van der Waals surface area contributed by atoms with Crippen LogP contribution in [0.2, 0.25) is 0 Å². The third-order valence-corrected chi connectivity index (χ3v) is 9.50. The quantitative estimate of drug-likeness (QED) is 0.397. The highest BCUT2D eigenvalue weighted by molar-refractivity contribution is 7.89. The smallest absolute Gasteiger partial charge is 0.252 e. The Labute approximate surface area is 229 Å². The number of aryl methyl sites for hydroxylation is 1. The van der Waals surface area contributed by atoms with Crippen LogP contribution in [-0.4, -0.2) is 61.7 Å². The number of rotatable bonds is 8. The van der Waals surface area contributed by atoms with Gasteiger partial charge in [0, 0.05) is 25.7 Å². The molecule has 0 N–H and O–H groups in total. The maximum atomic E-state index is 14.1. The predicted octanol–water partition coefficient (Wildman–Crippen LogP) is 3.99. The molecule has 2 amide bonds. The van der Waals surface area contributed by atoms with Crippen molar-refractivity contribution in [3.05, 3.63) is 90.0 Å². The molecule has 8 nitrogen and oxygen atoms in total. The van der Waals surface area contributed by atoms with Gasteiger partial charge in [0.2, 0.25) is 15.9 Å². The van der Waals surface area contributed by atoms with Crippen LogP contribution in [0.15, 0.2) is 83.8 Å². The van der Waals surface area contributed by atoms with Gasteiger partial charge in [-0.05, 0) is 61.7 Å². The molecular weight excluding hydrogens is 514 g/mol. The molecule has 0 aliphatic carbocycles. The van der Waals surface area contributed by atoms with Gasteiger partial charge in [-0.3, -0.25) is 14.5 Å². The Bertz CT molecular complexity index is 1420. The van der Waals surface area contributed by atoms with E-state index in [1.54, 1.807) is 24.3 Å². The van der Waals surface area contributed by atoms with Crippen LogP contribution in [0.3, 0.4) is 0 Å². The zero-order valence-electron chi connectivity index (χ0n) is 22.2. The Morgan fingerprint density at radius 1 is 0.897 bits per heavy atom. The number of benzene rings is 3. The zero-order valence-corrected chi connectivity index (χ0v) is 23.0. The first-order valence-corrected chi connectivity index (χ1v) is 14.6. The number of hydrogen-bond acceptors (Lipinski definition) is 6. The van der Waals surface area contributed by atoms with Gasteiger partial charge in [0.05, 0.1) is 24.1 Å². The summed E-state index contributed by atoms with van der Waals surface area (Å²) in [6, 6.07) is 21.9. The Morgan fingerprint density at radius 2 is 1.54 bits per heavy atom. The standard InChI is InChI=1S/C30H33N3O5S/c1-22-8-10-24(11-9-22)32-29(34)20-28(30(32)35)33(39(36,37)27-14-12-26(38-2)13-15-27)25-16-18-31(19-17-25)21-23-6-4-3-5-7-23/h3-15,25,28H,16-21H2,1-2H3. The number of methoxy groups -OCH3 is 1. The van der Waals surface area contributed by atoms with E-state index in [4.69, 9.17) is 4.74 Å². The number of likely N-dealkylation sites (tertiary alicyclic amines) is 1. The number of piperidine rings is 1. The van der Waals surface area contributed by atoms with Gasteiger partial charge in [0.25, 0.3) is 5.91 Å². The topological polar surface area (TPSA) is 87.2 Å². The van der Waals surface area contributed by atoms with Crippen LogP contribution < -0.4 is 9.64 Å². The highest BCUT2D eigenvalue weighted by Crippen LogP contribution is 2.34. The molecule has 0 saturated carbocycles. The van der Waals surface area contributed by atoms with Crippen molar-refractivity contribution >= 4 is 27.5 Å². The van der Waals surface area contributed by atoms with Crippen LogP contribution in [0.25, 0.3) is 0 Å². The Balaban J connectivity index is 1.44. The molecule has 9 heteroatoms. The number of hydrogen-bond donors (Lipinski definition) is 0. The van der Waals surface area contributed by atoms with Crippen molar-refractivity contribution in [1.82, 2.24) is 9.21 Å². The van der Waals surface area contributed by atoms with Crippen molar-refractivity contribution in [3.8, 4) is 5.75 Å². The van der Waals surface area contributed by atoms with E-state index in [-0.39, 0.29) is 11.3 Å². The van der Waals surface area contributed by atoms with Crippen molar-refractivity contribution < 1.29 is 22.7 Å². The number of sulfonamides is 1. The molecule has 3 aromatic carbocycles. The summed E-state index contributed by atoms with van der Waals surface area (Å²) in [5, 5.41) is 0. The second-order valence-corrected chi connectivity index (χ2v) is 12.0. The first-order valence-electron chi connectivity index (χ1n) is 13.2. The summed E-state index contributed by atoms with van der Waals surface area (Å²) in [6.07, 6.45) is 0.932. The highest BCUT2D eigenvalue weighted by Gasteiger charge is 2.49. The van der Waals surface area contributed by atoms with Gasteiger partial charge in [-0.25, -0.2) is 13.3 Å². The van der Waals surface area contributed by atoms with E-state index in [0.717, 1.165) is 17.0 Å². The molecule has 39 heavy (non-hydrogen) atoms. The van der Waals surface area contributed by atoms with Crippen molar-refractivity contribution in [3.63, 3.8) is 0 Å². The lowest BCUT2D eigenvalue weighted by Gasteiger charge is -2.39. The fourth-order valence-corrected chi connectivity index (χ4v) is 7.27. The SMILES string of the molecule is COc1ccc(S(=O)(=O)N(C2CCN(Cc3ccccc3)CC2)C2CC(=O)N(c3ccc(C)cc3)C2=O)cc1. The largest absolute Gasteiger partial charge is 0.497 e. The number of nitrogens with zero attached hydrogens (tertiary/aromatic N) is 3. The van der Waals surface area contributed by atoms with E-state index < -0.39 is 33.9 Å². The van der Waals surface area contributed by atoms with Crippen LogP contribution in [0, 0.1) is 6.92 Å². The highest BCUT2D eigenvalue weighted by atomic mass is 32.2. The molecule has 2 aliphatic heterocycles. The van der Waals surface area contributed by atoms with Crippen molar-refractivity contribution in [2.45, 2.75) is 49.7 Å². The summed E-state index contributed by atoms with van der Waals surface area (Å²) in [4.78, 5) is 30.4. The van der Waals surface area contributed by atoms with E-state index in [1.807, 2.05) is 37.3 Å². The molecular formula is C30H33N3O5S. The molecule has 5 rings (SSSR count). The second kappa shape index (κ2) is 11.3. The van der Waals surface area contributed by atoms with Crippen LogP contribution in [0.1, 0.15) is 30.4 Å². The van der Waals surface area contributed by atoms with Crippen LogP contribution in [-0.2, 0) is 26.2 Å². The van der Waals surface area contributed by atoms with Gasteiger partial charge in [-0.1, -0.05) is 48.0 Å². The summed E-state index contributed by atoms with van der Waals surface area (Å²) in [5.41, 5.74) is 2.65. The Morgan fingerprint density at radius 3 is 2.15 bits per heavy atom. The zero-order chi connectivity index (χ0) is 27.6. The summed E-state index contributed by atoms with van der Waals surface area (Å²) in [7, 11) is -2.58. The third-order valence-electron chi connectivity index (χ3n) is 7.52. The molecule has 204 valence electrons. The average Bonchev–Trinajstić information content (AvgIpc) is 3.23. The normalized spacial score (nSPS) is 19.2. The Kier molecular flexibility index (Phi) is 7.83. The molecule has 0 radical (unpaired) electrons. The van der Waals surface area contributed by atoms with Gasteiger partial charge >= 0.3 is 0 Å². The molecule has 3 aromatic rings. The molecule has 0 aromatic heterocycles. The predicted molar refractivity (Wildman–Crippen MR) is 149 cm³/mol. The maximum absolute atomic E-state index is 14.1. The van der Waals surface area contributed by atoms with Gasteiger partial charge in [-0.15, -0.1) is 0 Å². The molecule has 2 saturated heterocycles. The van der Waals surface area contributed by atoms with E-state index in [0.29, 0.717) is 37.4 Å². The van der Waals surface area contributed by atoms with Gasteiger partial charge in [-0.2, -0.15) is 4.31 Å². The molecule has 2 fully saturated rings. The van der Waals surface area contributed by atoms with Crippen molar-refractivity contribution in [1.29, 1.82) is 0 Å². The number of ether oxygens (including phenoxy) is 1. The van der Waals surface area contributed by atoms with Gasteiger partial charge in [0.1, 0.15) is 11.8 Å². The van der Waals surface area contributed by atoms with E-state index in [9.17, 15) is 18.0 Å². The Hall–Kier alpha value is -3.53. The molecule has 2 aliphatic rings. The number of amides is 2. The number of carbonyl (C=O) groups excluding carboxylic acids is 2. The fourth-order valence-electron chi connectivity index (χ4n) is 5.44. The van der Waals surface area contributed by atoms with Gasteiger partial charge < -0.3 is 4.74 Å². The number of imide groups is 1. The minimum atomic E-state index is -4.09. The van der Waals surface area contributed by atoms with Crippen molar-refractivity contribution in [2.24, 2.45) is 0 Å². The van der Waals surface area contributed by atoms with Crippen LogP contribution >= 0.6 is 0 Å². The molecule has 0 spiro atoms. The van der Waals surface area contributed by atoms with Crippen LogP contribution in [0.4, 0.5) is 5.69 Å². The fraction of sp³-hybridized carbons (Fsp3) is 0.333. The molecule has 1 unspecified atom stereocenters. The summed E-state index contributed by atoms with van der Waals surface area (Å²) in [6.45, 7) is 4.07. The summed E-state index contributed by atoms with van der Waals surface area (Å²) < 4.78 is 34.8. The number of anilines is 1. The lowest BCUT2D eigenvalue weighted by atomic mass is 10.0. The van der Waals surface area contributed by atoms with Gasteiger partial charge in [0.15, 0.2) is 0 Å². The maximum Gasteiger partial charge on any atom is 0.252 e. The van der Waals surface area contributed by atoms with E-state index >= 15 is 0 Å². The van der Waals surface area contributed by atoms with E-state index in [2.05, 4.69) is 17.0 Å². The minimum absolute atomic E-state index is 0.0732.